The number of hydrogen-bond donors (Lipinski definition) is 1. The summed E-state index contributed by atoms with van der Waals surface area (Å²) in [6.07, 6.45) is 5.01. The minimum absolute atomic E-state index is 0.133. The number of hydrogen-bond acceptors (Lipinski definition) is 3. The Kier molecular flexibility index (Phi) is 3.58. The first-order chi connectivity index (χ1) is 12.4. The molecule has 26 heavy (non-hydrogen) atoms. The van der Waals surface area contributed by atoms with Gasteiger partial charge in [-0.25, -0.2) is 0 Å². The van der Waals surface area contributed by atoms with E-state index < -0.39 is 0 Å². The molecule has 6 rings (SSSR count). The fourth-order valence-electron chi connectivity index (χ4n) is 5.14. The number of rotatable bonds is 2. The molecular weight excluding hydrogens is 340 g/mol. The molecule has 1 aromatic carbocycles. The van der Waals surface area contributed by atoms with Gasteiger partial charge in [-0.15, -0.1) is 11.3 Å². The van der Waals surface area contributed by atoms with Gasteiger partial charge in [0.2, 0.25) is 0 Å². The van der Waals surface area contributed by atoms with Crippen LogP contribution in [0.25, 0.3) is 10.1 Å². The standard InChI is InChI=1S/C22H28N2OS/c1-21(2,3)16-5-4-15-12-18(26-17(15)13-16)20(25)23-19-14-6-10-24(11-7-14)22(19)8-9-22/h4-5,12-14,19H,6-11H2,1-3H3,(H,23,25). The molecule has 3 nitrogen and oxygen atoms in total. The second-order valence-electron chi connectivity index (χ2n) is 9.49. The van der Waals surface area contributed by atoms with Crippen molar-refractivity contribution < 1.29 is 4.79 Å². The zero-order valence-electron chi connectivity index (χ0n) is 16.0. The van der Waals surface area contributed by atoms with E-state index in [1.807, 2.05) is 0 Å². The van der Waals surface area contributed by atoms with Crippen LogP contribution in [0.2, 0.25) is 0 Å². The Morgan fingerprint density at radius 3 is 2.58 bits per heavy atom. The molecule has 4 fully saturated rings. The van der Waals surface area contributed by atoms with Crippen molar-refractivity contribution in [2.24, 2.45) is 5.92 Å². The molecule has 3 aliphatic heterocycles. The summed E-state index contributed by atoms with van der Waals surface area (Å²) in [5.74, 6) is 0.807. The van der Waals surface area contributed by atoms with Gasteiger partial charge in [-0.2, -0.15) is 0 Å². The fourth-order valence-corrected chi connectivity index (χ4v) is 6.15. The Morgan fingerprint density at radius 2 is 1.92 bits per heavy atom. The number of piperidine rings is 3. The van der Waals surface area contributed by atoms with Gasteiger partial charge in [0.25, 0.3) is 5.91 Å². The Labute approximate surface area is 159 Å². The highest BCUT2D eigenvalue weighted by Crippen LogP contribution is 2.53. The molecule has 1 spiro atoms. The molecule has 138 valence electrons. The second-order valence-corrected chi connectivity index (χ2v) is 10.6. The summed E-state index contributed by atoms with van der Waals surface area (Å²) in [5, 5.41) is 4.64. The van der Waals surface area contributed by atoms with Crippen molar-refractivity contribution in [3.8, 4) is 0 Å². The molecule has 1 N–H and O–H groups in total. The maximum atomic E-state index is 13.0. The molecule has 4 heteroatoms. The van der Waals surface area contributed by atoms with E-state index in [-0.39, 0.29) is 11.3 Å². The zero-order chi connectivity index (χ0) is 18.1. The third kappa shape index (κ3) is 2.53. The Balaban J connectivity index is 1.40. The number of amides is 1. The number of carbonyl (C=O) groups excluding carboxylic acids is 1. The van der Waals surface area contributed by atoms with E-state index in [2.05, 4.69) is 55.3 Å². The second kappa shape index (κ2) is 5.56. The van der Waals surface area contributed by atoms with Crippen LogP contribution in [0.3, 0.4) is 0 Å². The molecule has 4 aliphatic rings. The highest BCUT2D eigenvalue weighted by atomic mass is 32.1. The maximum absolute atomic E-state index is 13.0. The summed E-state index contributed by atoms with van der Waals surface area (Å²) in [6.45, 7) is 9.17. The molecule has 4 heterocycles. The first kappa shape index (κ1) is 16.8. The van der Waals surface area contributed by atoms with Crippen LogP contribution < -0.4 is 5.32 Å². The quantitative estimate of drug-likeness (QED) is 0.843. The largest absolute Gasteiger partial charge is 0.346 e. The molecular formula is C22H28N2OS. The molecule has 1 unspecified atom stereocenters. The number of fused-ring (bicyclic) bond motifs is 3. The van der Waals surface area contributed by atoms with Crippen LogP contribution in [-0.4, -0.2) is 35.5 Å². The van der Waals surface area contributed by atoms with Crippen LogP contribution >= 0.6 is 11.3 Å². The highest BCUT2D eigenvalue weighted by Gasteiger charge is 2.60. The van der Waals surface area contributed by atoms with Crippen molar-refractivity contribution >= 4 is 27.3 Å². The van der Waals surface area contributed by atoms with Crippen molar-refractivity contribution in [1.29, 1.82) is 0 Å². The lowest BCUT2D eigenvalue weighted by molar-refractivity contribution is -0.00138. The van der Waals surface area contributed by atoms with Crippen molar-refractivity contribution in [2.45, 2.75) is 63.5 Å². The van der Waals surface area contributed by atoms with E-state index in [1.165, 1.54) is 54.4 Å². The van der Waals surface area contributed by atoms with Gasteiger partial charge in [0.1, 0.15) is 0 Å². The summed E-state index contributed by atoms with van der Waals surface area (Å²) < 4.78 is 1.22. The van der Waals surface area contributed by atoms with Crippen molar-refractivity contribution in [3.63, 3.8) is 0 Å². The molecule has 0 radical (unpaired) electrons. The number of carbonyl (C=O) groups is 1. The average molecular weight is 369 g/mol. The number of benzene rings is 1. The first-order valence-corrected chi connectivity index (χ1v) is 10.8. The predicted octanol–water partition coefficient (Wildman–Crippen LogP) is 4.56. The summed E-state index contributed by atoms with van der Waals surface area (Å²) in [4.78, 5) is 16.5. The lowest BCUT2D eigenvalue weighted by atomic mass is 9.77. The average Bonchev–Trinajstić information content (AvgIpc) is 3.26. The fraction of sp³-hybridized carbons (Fsp3) is 0.591. The minimum Gasteiger partial charge on any atom is -0.346 e. The van der Waals surface area contributed by atoms with E-state index in [1.54, 1.807) is 11.3 Å². The van der Waals surface area contributed by atoms with E-state index in [4.69, 9.17) is 0 Å². The molecule has 2 aromatic rings. The Hall–Kier alpha value is -1.39. The molecule has 1 aromatic heterocycles. The van der Waals surface area contributed by atoms with E-state index in [9.17, 15) is 4.79 Å². The molecule has 1 aliphatic carbocycles. The van der Waals surface area contributed by atoms with Crippen LogP contribution in [0.4, 0.5) is 0 Å². The van der Waals surface area contributed by atoms with E-state index in [0.717, 1.165) is 4.88 Å². The molecule has 3 saturated heterocycles. The van der Waals surface area contributed by atoms with Gasteiger partial charge in [-0.1, -0.05) is 32.9 Å². The number of nitrogens with one attached hydrogen (secondary N) is 1. The van der Waals surface area contributed by atoms with Crippen molar-refractivity contribution in [3.05, 3.63) is 34.7 Å². The van der Waals surface area contributed by atoms with E-state index in [0.29, 0.717) is 17.5 Å². The van der Waals surface area contributed by atoms with Gasteiger partial charge >= 0.3 is 0 Å². The van der Waals surface area contributed by atoms with Gasteiger partial charge in [-0.3, -0.25) is 9.69 Å². The van der Waals surface area contributed by atoms with Crippen molar-refractivity contribution in [1.82, 2.24) is 10.2 Å². The van der Waals surface area contributed by atoms with Crippen LogP contribution in [0.15, 0.2) is 24.3 Å². The third-order valence-electron chi connectivity index (χ3n) is 6.88. The lowest BCUT2D eigenvalue weighted by Gasteiger charge is -2.52. The Bertz CT molecular complexity index is 866. The number of nitrogens with zero attached hydrogens (tertiary/aromatic N) is 1. The Morgan fingerprint density at radius 1 is 1.19 bits per heavy atom. The summed E-state index contributed by atoms with van der Waals surface area (Å²) in [7, 11) is 0. The van der Waals surface area contributed by atoms with Crippen LogP contribution in [0, 0.1) is 5.92 Å². The van der Waals surface area contributed by atoms with Crippen molar-refractivity contribution in [2.75, 3.05) is 13.1 Å². The summed E-state index contributed by atoms with van der Waals surface area (Å²) >= 11 is 1.64. The molecule has 1 amide bonds. The van der Waals surface area contributed by atoms with Crippen LogP contribution in [0.5, 0.6) is 0 Å². The van der Waals surface area contributed by atoms with Gasteiger partial charge in [0, 0.05) is 10.2 Å². The monoisotopic (exact) mass is 368 g/mol. The zero-order valence-corrected chi connectivity index (χ0v) is 16.8. The summed E-state index contributed by atoms with van der Waals surface area (Å²) in [5.41, 5.74) is 1.76. The topological polar surface area (TPSA) is 32.3 Å². The molecule has 1 saturated carbocycles. The predicted molar refractivity (Wildman–Crippen MR) is 108 cm³/mol. The minimum atomic E-state index is 0.133. The SMILES string of the molecule is CC(C)(C)c1ccc2cc(C(=O)NC3C4CCN(CC4)C34CC4)sc2c1. The third-order valence-corrected chi connectivity index (χ3v) is 7.98. The van der Waals surface area contributed by atoms with E-state index >= 15 is 0 Å². The number of thiophene rings is 1. The van der Waals surface area contributed by atoms with Gasteiger partial charge in [-0.05, 0) is 73.2 Å². The van der Waals surface area contributed by atoms with Gasteiger partial charge in [0.05, 0.1) is 10.9 Å². The van der Waals surface area contributed by atoms with Crippen LogP contribution in [-0.2, 0) is 5.41 Å². The first-order valence-electron chi connectivity index (χ1n) is 9.97. The lowest BCUT2D eigenvalue weighted by Crippen LogP contribution is -2.65. The van der Waals surface area contributed by atoms with Crippen LogP contribution in [0.1, 0.15) is 61.7 Å². The highest BCUT2D eigenvalue weighted by molar-refractivity contribution is 7.20. The van der Waals surface area contributed by atoms with Gasteiger partial charge < -0.3 is 5.32 Å². The summed E-state index contributed by atoms with van der Waals surface area (Å²) in [6, 6.07) is 9.05. The molecule has 2 bridgehead atoms. The molecule has 1 atom stereocenters. The van der Waals surface area contributed by atoms with Gasteiger partial charge in [0.15, 0.2) is 0 Å². The maximum Gasteiger partial charge on any atom is 0.261 e. The normalized spacial score (nSPS) is 29.3. The smallest absolute Gasteiger partial charge is 0.261 e.